The van der Waals surface area contributed by atoms with Crippen molar-refractivity contribution in [3.8, 4) is 0 Å². The van der Waals surface area contributed by atoms with E-state index in [4.69, 9.17) is 5.84 Å². The van der Waals surface area contributed by atoms with Crippen LogP contribution in [0.4, 0.5) is 5.95 Å². The molecule has 0 aliphatic carbocycles. The van der Waals surface area contributed by atoms with Gasteiger partial charge in [0.1, 0.15) is 0 Å². The van der Waals surface area contributed by atoms with Crippen LogP contribution in [0, 0.1) is 0 Å². The predicted octanol–water partition coefficient (Wildman–Crippen LogP) is 0.730. The van der Waals surface area contributed by atoms with Crippen molar-refractivity contribution in [1.82, 2.24) is 9.55 Å². The van der Waals surface area contributed by atoms with Gasteiger partial charge in [0.2, 0.25) is 5.95 Å². The van der Waals surface area contributed by atoms with E-state index in [0.717, 1.165) is 24.6 Å². The quantitative estimate of drug-likeness (QED) is 0.599. The molecule has 0 unspecified atom stereocenters. The zero-order chi connectivity index (χ0) is 8.84. The monoisotopic (exact) mass is 174 g/mol. The summed E-state index contributed by atoms with van der Waals surface area (Å²) in [6.45, 7) is 1.79. The lowest BCUT2D eigenvalue weighted by Crippen LogP contribution is -2.28. The molecule has 0 spiro atoms. The van der Waals surface area contributed by atoms with Crippen LogP contribution in [0.15, 0.2) is 24.3 Å². The molecular weight excluding hydrogens is 164 g/mol. The topological polar surface area (TPSA) is 47.1 Å². The van der Waals surface area contributed by atoms with Gasteiger partial charge in [-0.25, -0.2) is 10.8 Å². The normalized spacial score (nSPS) is 15.3. The zero-order valence-corrected chi connectivity index (χ0v) is 7.14. The highest BCUT2D eigenvalue weighted by Crippen LogP contribution is 2.24. The Bertz CT molecular complexity index is 460. The molecule has 0 saturated heterocycles. The first-order chi connectivity index (χ1) is 6.36. The highest BCUT2D eigenvalue weighted by molar-refractivity contribution is 5.79. The SMILES string of the molecule is NN1CCn2c1nc1ccccc12. The largest absolute Gasteiger partial charge is 0.307 e. The van der Waals surface area contributed by atoms with Crippen LogP contribution in [-0.4, -0.2) is 16.1 Å². The third kappa shape index (κ3) is 0.805. The van der Waals surface area contributed by atoms with Gasteiger partial charge >= 0.3 is 0 Å². The maximum Gasteiger partial charge on any atom is 0.221 e. The van der Waals surface area contributed by atoms with Gasteiger partial charge in [0.05, 0.1) is 17.6 Å². The minimum absolute atomic E-state index is 0.854. The smallest absolute Gasteiger partial charge is 0.221 e. The third-order valence-corrected chi connectivity index (χ3v) is 2.46. The molecule has 4 heteroatoms. The maximum atomic E-state index is 5.76. The molecule has 2 heterocycles. The number of hydrogen-bond acceptors (Lipinski definition) is 3. The average molecular weight is 174 g/mol. The van der Waals surface area contributed by atoms with Crippen molar-refractivity contribution >= 4 is 17.0 Å². The fraction of sp³-hybridized carbons (Fsp3) is 0.222. The van der Waals surface area contributed by atoms with Crippen molar-refractivity contribution in [2.24, 2.45) is 5.84 Å². The molecule has 3 rings (SSSR count). The fourth-order valence-electron chi connectivity index (χ4n) is 1.81. The number of nitrogens with two attached hydrogens (primary N) is 1. The van der Waals surface area contributed by atoms with E-state index in [1.807, 2.05) is 18.2 Å². The van der Waals surface area contributed by atoms with Gasteiger partial charge in [-0.05, 0) is 12.1 Å². The number of nitrogens with zero attached hydrogens (tertiary/aromatic N) is 3. The Balaban J connectivity index is 2.38. The lowest BCUT2D eigenvalue weighted by molar-refractivity contribution is 0.804. The molecule has 0 bridgehead atoms. The molecule has 2 N–H and O–H groups in total. The Labute approximate surface area is 75.5 Å². The highest BCUT2D eigenvalue weighted by Gasteiger charge is 2.20. The van der Waals surface area contributed by atoms with E-state index in [9.17, 15) is 0 Å². The molecule has 1 aromatic carbocycles. The van der Waals surface area contributed by atoms with Gasteiger partial charge in [-0.3, -0.25) is 5.01 Å². The van der Waals surface area contributed by atoms with E-state index in [0.29, 0.717) is 0 Å². The van der Waals surface area contributed by atoms with Gasteiger partial charge in [-0.1, -0.05) is 12.1 Å². The van der Waals surface area contributed by atoms with Gasteiger partial charge in [0.25, 0.3) is 0 Å². The number of rotatable bonds is 0. The summed E-state index contributed by atoms with van der Waals surface area (Å²) in [4.78, 5) is 4.44. The molecular formula is C9H10N4. The third-order valence-electron chi connectivity index (χ3n) is 2.46. The van der Waals surface area contributed by atoms with Crippen LogP contribution in [0.3, 0.4) is 0 Å². The Hall–Kier alpha value is -1.55. The van der Waals surface area contributed by atoms with Crippen LogP contribution in [-0.2, 0) is 6.54 Å². The molecule has 2 aromatic rings. The minimum Gasteiger partial charge on any atom is -0.307 e. The molecule has 66 valence electrons. The van der Waals surface area contributed by atoms with Crippen molar-refractivity contribution in [3.05, 3.63) is 24.3 Å². The summed E-state index contributed by atoms with van der Waals surface area (Å²) in [7, 11) is 0. The Morgan fingerprint density at radius 3 is 3.00 bits per heavy atom. The van der Waals surface area contributed by atoms with Gasteiger partial charge in [-0.2, -0.15) is 0 Å². The summed E-state index contributed by atoms with van der Waals surface area (Å²) < 4.78 is 2.15. The number of hydrogen-bond donors (Lipinski definition) is 1. The molecule has 0 fully saturated rings. The van der Waals surface area contributed by atoms with E-state index in [1.165, 1.54) is 5.52 Å². The molecule has 13 heavy (non-hydrogen) atoms. The molecule has 4 nitrogen and oxygen atoms in total. The van der Waals surface area contributed by atoms with Crippen LogP contribution < -0.4 is 10.9 Å². The van der Waals surface area contributed by atoms with Crippen LogP contribution in [0.5, 0.6) is 0 Å². The number of fused-ring (bicyclic) bond motifs is 3. The van der Waals surface area contributed by atoms with Gasteiger partial charge in [0.15, 0.2) is 0 Å². The number of hydrazine groups is 1. The Morgan fingerprint density at radius 2 is 2.08 bits per heavy atom. The summed E-state index contributed by atoms with van der Waals surface area (Å²) in [6.07, 6.45) is 0. The fourth-order valence-corrected chi connectivity index (χ4v) is 1.81. The number of anilines is 1. The van der Waals surface area contributed by atoms with Gasteiger partial charge in [0, 0.05) is 6.54 Å². The van der Waals surface area contributed by atoms with Crippen molar-refractivity contribution < 1.29 is 0 Å². The lowest BCUT2D eigenvalue weighted by Gasteiger charge is -2.04. The summed E-state index contributed by atoms with van der Waals surface area (Å²) in [5, 5.41) is 1.69. The average Bonchev–Trinajstić information content (AvgIpc) is 2.67. The number of imidazole rings is 1. The van der Waals surface area contributed by atoms with E-state index >= 15 is 0 Å². The van der Waals surface area contributed by atoms with E-state index in [-0.39, 0.29) is 0 Å². The number of benzene rings is 1. The summed E-state index contributed by atoms with van der Waals surface area (Å²) >= 11 is 0. The van der Waals surface area contributed by atoms with Crippen molar-refractivity contribution in [1.29, 1.82) is 0 Å². The zero-order valence-electron chi connectivity index (χ0n) is 7.14. The Morgan fingerprint density at radius 1 is 1.23 bits per heavy atom. The number of aromatic nitrogens is 2. The lowest BCUT2D eigenvalue weighted by atomic mass is 10.3. The maximum absolute atomic E-state index is 5.76. The van der Waals surface area contributed by atoms with Crippen LogP contribution in [0.25, 0.3) is 11.0 Å². The molecule has 0 saturated carbocycles. The molecule has 0 radical (unpaired) electrons. The molecule has 1 aliphatic rings. The van der Waals surface area contributed by atoms with Crippen LogP contribution in [0.2, 0.25) is 0 Å². The van der Waals surface area contributed by atoms with E-state index < -0.39 is 0 Å². The van der Waals surface area contributed by atoms with Gasteiger partial charge in [-0.15, -0.1) is 0 Å². The van der Waals surface area contributed by atoms with Crippen molar-refractivity contribution in [2.75, 3.05) is 11.6 Å². The second kappa shape index (κ2) is 2.23. The molecule has 0 atom stereocenters. The van der Waals surface area contributed by atoms with Crippen LogP contribution >= 0.6 is 0 Å². The van der Waals surface area contributed by atoms with Crippen molar-refractivity contribution in [2.45, 2.75) is 6.54 Å². The number of para-hydroxylation sites is 2. The van der Waals surface area contributed by atoms with Crippen molar-refractivity contribution in [3.63, 3.8) is 0 Å². The highest BCUT2D eigenvalue weighted by atomic mass is 15.5. The van der Waals surface area contributed by atoms with Crippen LogP contribution in [0.1, 0.15) is 0 Å². The second-order valence-corrected chi connectivity index (χ2v) is 3.25. The van der Waals surface area contributed by atoms with E-state index in [1.54, 1.807) is 5.01 Å². The summed E-state index contributed by atoms with van der Waals surface area (Å²) in [6, 6.07) is 8.10. The second-order valence-electron chi connectivity index (χ2n) is 3.25. The summed E-state index contributed by atoms with van der Waals surface area (Å²) in [5.41, 5.74) is 2.19. The summed E-state index contributed by atoms with van der Waals surface area (Å²) in [5.74, 6) is 6.64. The first kappa shape index (κ1) is 6.91. The first-order valence-corrected chi connectivity index (χ1v) is 4.34. The molecule has 0 amide bonds. The standard InChI is InChI=1S/C9H10N4/c10-13-6-5-12-8-4-2-1-3-7(8)11-9(12)13/h1-4H,5-6,10H2. The molecule has 1 aromatic heterocycles. The van der Waals surface area contributed by atoms with Gasteiger partial charge < -0.3 is 4.57 Å². The molecule has 1 aliphatic heterocycles. The van der Waals surface area contributed by atoms with E-state index in [2.05, 4.69) is 15.6 Å². The first-order valence-electron chi connectivity index (χ1n) is 4.34. The Kier molecular flexibility index (Phi) is 1.19. The minimum atomic E-state index is 0.854. The predicted molar refractivity (Wildman–Crippen MR) is 51.3 cm³/mol.